The summed E-state index contributed by atoms with van der Waals surface area (Å²) < 4.78 is 4.53. The first-order valence-corrected chi connectivity index (χ1v) is 4.24. The summed E-state index contributed by atoms with van der Waals surface area (Å²) in [7, 11) is 1.22. The Hall–Kier alpha value is -1.63. The van der Waals surface area contributed by atoms with Crippen LogP contribution in [0.2, 0.25) is 0 Å². The van der Waals surface area contributed by atoms with E-state index in [1.165, 1.54) is 13.2 Å². The lowest BCUT2D eigenvalue weighted by molar-refractivity contribution is -0.147. The molecule has 0 aromatic heterocycles. The molecule has 0 aliphatic heterocycles. The van der Waals surface area contributed by atoms with Crippen molar-refractivity contribution in [3.63, 3.8) is 0 Å². The zero-order valence-corrected chi connectivity index (χ0v) is 8.32. The number of hydrogen-bond donors (Lipinski definition) is 0. The van der Waals surface area contributed by atoms with Crippen molar-refractivity contribution in [1.82, 2.24) is 0 Å². The number of allylic oxidation sites excluding steroid dienone is 1. The highest BCUT2D eigenvalue weighted by Gasteiger charge is 2.36. The zero-order valence-electron chi connectivity index (χ0n) is 8.32. The monoisotopic (exact) mass is 195 g/mol. The van der Waals surface area contributed by atoms with Gasteiger partial charge in [0.15, 0.2) is 5.41 Å². The van der Waals surface area contributed by atoms with Gasteiger partial charge in [0.05, 0.1) is 13.2 Å². The van der Waals surface area contributed by atoms with Crippen LogP contribution in [0.4, 0.5) is 0 Å². The normalized spacial score (nSPS) is 14.4. The number of hydrogen-bond acceptors (Lipinski definition) is 4. The fraction of sp³-hybridized carbons (Fsp3) is 0.500. The second kappa shape index (κ2) is 5.92. The molecule has 0 aromatic rings. The molecule has 0 spiro atoms. The summed E-state index contributed by atoms with van der Waals surface area (Å²) in [6.45, 7) is 1.70. The molecule has 4 heteroatoms. The highest BCUT2D eigenvalue weighted by Crippen LogP contribution is 2.26. The number of carbonyl (C=O) groups is 2. The Balaban J connectivity index is 4.89. The van der Waals surface area contributed by atoms with Crippen molar-refractivity contribution >= 4 is 12.3 Å². The summed E-state index contributed by atoms with van der Waals surface area (Å²) in [4.78, 5) is 21.5. The molecule has 0 rings (SSSR count). The number of nitriles is 1. The average molecular weight is 195 g/mol. The number of carbonyl (C=O) groups excluding carboxylic acids is 2. The fourth-order valence-electron chi connectivity index (χ4n) is 1.15. The van der Waals surface area contributed by atoms with Crippen molar-refractivity contribution in [3.05, 3.63) is 12.2 Å². The largest absolute Gasteiger partial charge is 0.468 e. The third-order valence-corrected chi connectivity index (χ3v) is 1.86. The van der Waals surface area contributed by atoms with Crippen LogP contribution >= 0.6 is 0 Å². The minimum atomic E-state index is -1.32. The highest BCUT2D eigenvalue weighted by molar-refractivity contribution is 5.82. The molecule has 0 radical (unpaired) electrons. The van der Waals surface area contributed by atoms with E-state index in [9.17, 15) is 9.59 Å². The van der Waals surface area contributed by atoms with E-state index < -0.39 is 11.4 Å². The summed E-state index contributed by atoms with van der Waals surface area (Å²) >= 11 is 0. The molecule has 0 saturated heterocycles. The van der Waals surface area contributed by atoms with Crippen LogP contribution in [0.5, 0.6) is 0 Å². The van der Waals surface area contributed by atoms with Gasteiger partial charge in [-0.15, -0.1) is 0 Å². The molecule has 1 atom stereocenters. The first-order chi connectivity index (χ1) is 6.66. The molecule has 0 fully saturated rings. The summed E-state index contributed by atoms with van der Waals surface area (Å²) in [6.07, 6.45) is 4.06. The van der Waals surface area contributed by atoms with Gasteiger partial charge in [-0.1, -0.05) is 12.2 Å². The van der Waals surface area contributed by atoms with Gasteiger partial charge in [-0.05, 0) is 13.3 Å². The van der Waals surface area contributed by atoms with Crippen molar-refractivity contribution in [1.29, 1.82) is 5.26 Å². The van der Waals surface area contributed by atoms with Crippen LogP contribution in [0.1, 0.15) is 19.8 Å². The number of nitrogens with zero attached hydrogens (tertiary/aromatic N) is 1. The molecule has 1 unspecified atom stereocenters. The Bertz CT molecular complexity index is 278. The van der Waals surface area contributed by atoms with Gasteiger partial charge in [0.25, 0.3) is 0 Å². The smallest absolute Gasteiger partial charge is 0.330 e. The average Bonchev–Trinajstić information content (AvgIpc) is 2.23. The Kier molecular flexibility index (Phi) is 5.23. The molecule has 0 saturated carbocycles. The van der Waals surface area contributed by atoms with Crippen molar-refractivity contribution in [2.24, 2.45) is 5.41 Å². The molecule has 0 amide bonds. The van der Waals surface area contributed by atoms with Gasteiger partial charge in [0.2, 0.25) is 0 Å². The number of ether oxygens (including phenoxy) is 1. The van der Waals surface area contributed by atoms with E-state index in [1.54, 1.807) is 13.0 Å². The van der Waals surface area contributed by atoms with E-state index in [-0.39, 0.29) is 12.8 Å². The number of rotatable bonds is 5. The van der Waals surface area contributed by atoms with Crippen LogP contribution in [-0.4, -0.2) is 19.4 Å². The number of methoxy groups -OCH3 is 1. The standard InChI is InChI=1S/C10H13NO3/c1-3-5-10(8-11,6-4-7-12)9(13)14-2/h3,5,7H,4,6H2,1-2H3/b5-3+. The lowest BCUT2D eigenvalue weighted by Crippen LogP contribution is -2.28. The SMILES string of the molecule is C/C=C/C(C#N)(CCC=O)C(=O)OC. The topological polar surface area (TPSA) is 67.2 Å². The van der Waals surface area contributed by atoms with E-state index in [2.05, 4.69) is 4.74 Å². The minimum absolute atomic E-state index is 0.157. The van der Waals surface area contributed by atoms with Gasteiger partial charge >= 0.3 is 5.97 Å². The summed E-state index contributed by atoms with van der Waals surface area (Å²) in [5.74, 6) is -0.625. The van der Waals surface area contributed by atoms with Crippen molar-refractivity contribution in [2.75, 3.05) is 7.11 Å². The van der Waals surface area contributed by atoms with E-state index in [0.29, 0.717) is 6.29 Å². The Morgan fingerprint density at radius 1 is 1.64 bits per heavy atom. The van der Waals surface area contributed by atoms with Crippen molar-refractivity contribution in [2.45, 2.75) is 19.8 Å². The van der Waals surface area contributed by atoms with Crippen molar-refractivity contribution in [3.8, 4) is 6.07 Å². The summed E-state index contributed by atoms with van der Waals surface area (Å²) in [5, 5.41) is 8.92. The van der Waals surface area contributed by atoms with Crippen LogP contribution < -0.4 is 0 Å². The maximum Gasteiger partial charge on any atom is 0.330 e. The van der Waals surface area contributed by atoms with E-state index >= 15 is 0 Å². The first-order valence-electron chi connectivity index (χ1n) is 4.24. The molecule has 0 heterocycles. The minimum Gasteiger partial charge on any atom is -0.468 e. The molecule has 0 N–H and O–H groups in total. The van der Waals surface area contributed by atoms with E-state index in [1.807, 2.05) is 6.07 Å². The van der Waals surface area contributed by atoms with Crippen LogP contribution in [0.15, 0.2) is 12.2 Å². The predicted octanol–water partition coefficient (Wildman–Crippen LogP) is 1.22. The van der Waals surface area contributed by atoms with Crippen LogP contribution in [0.25, 0.3) is 0 Å². The van der Waals surface area contributed by atoms with Crippen molar-refractivity contribution < 1.29 is 14.3 Å². The Morgan fingerprint density at radius 2 is 2.29 bits per heavy atom. The Morgan fingerprint density at radius 3 is 2.64 bits per heavy atom. The van der Waals surface area contributed by atoms with E-state index in [4.69, 9.17) is 5.26 Å². The lowest BCUT2D eigenvalue weighted by atomic mass is 9.84. The molecule has 14 heavy (non-hydrogen) atoms. The maximum absolute atomic E-state index is 11.3. The third-order valence-electron chi connectivity index (χ3n) is 1.86. The Labute approximate surface area is 83.2 Å². The van der Waals surface area contributed by atoms with Gasteiger partial charge in [-0.25, -0.2) is 4.79 Å². The molecule has 0 bridgehead atoms. The second-order valence-corrected chi connectivity index (χ2v) is 2.78. The quantitative estimate of drug-likeness (QED) is 0.376. The van der Waals surface area contributed by atoms with Gasteiger partial charge < -0.3 is 9.53 Å². The summed E-state index contributed by atoms with van der Waals surface area (Å²) in [6, 6.07) is 1.88. The van der Waals surface area contributed by atoms with Gasteiger partial charge in [-0.2, -0.15) is 5.26 Å². The van der Waals surface area contributed by atoms with Gasteiger partial charge in [0.1, 0.15) is 6.29 Å². The lowest BCUT2D eigenvalue weighted by Gasteiger charge is -2.18. The van der Waals surface area contributed by atoms with E-state index in [0.717, 1.165) is 0 Å². The third kappa shape index (κ3) is 2.70. The van der Waals surface area contributed by atoms with Gasteiger partial charge in [-0.3, -0.25) is 0 Å². The first kappa shape index (κ1) is 12.4. The molecule has 76 valence electrons. The molecule has 0 aliphatic rings. The molecule has 0 aromatic carbocycles. The highest BCUT2D eigenvalue weighted by atomic mass is 16.5. The van der Waals surface area contributed by atoms with Crippen LogP contribution in [-0.2, 0) is 14.3 Å². The zero-order chi connectivity index (χ0) is 11.0. The molecule has 0 aliphatic carbocycles. The maximum atomic E-state index is 11.3. The summed E-state index contributed by atoms with van der Waals surface area (Å²) in [5.41, 5.74) is -1.32. The molecule has 4 nitrogen and oxygen atoms in total. The predicted molar refractivity (Wildman–Crippen MR) is 50.2 cm³/mol. The number of esters is 1. The molecular weight excluding hydrogens is 182 g/mol. The molecular formula is C10H13NO3. The van der Waals surface area contributed by atoms with Crippen LogP contribution in [0.3, 0.4) is 0 Å². The van der Waals surface area contributed by atoms with Crippen LogP contribution in [0, 0.1) is 16.7 Å². The van der Waals surface area contributed by atoms with Gasteiger partial charge in [0, 0.05) is 6.42 Å². The second-order valence-electron chi connectivity index (χ2n) is 2.78. The fourth-order valence-corrected chi connectivity index (χ4v) is 1.15. The number of aldehydes is 1.